The van der Waals surface area contributed by atoms with Crippen molar-refractivity contribution in [1.29, 1.82) is 0 Å². The molecular weight excluding hydrogens is 222 g/mol. The van der Waals surface area contributed by atoms with Crippen molar-refractivity contribution in [3.8, 4) is 11.4 Å². The molecule has 18 heavy (non-hydrogen) atoms. The first-order chi connectivity index (χ1) is 8.74. The minimum Gasteiger partial charge on any atom is -0.312 e. The van der Waals surface area contributed by atoms with Crippen LogP contribution in [0.4, 0.5) is 0 Å². The van der Waals surface area contributed by atoms with Crippen molar-refractivity contribution >= 4 is 0 Å². The number of aromatic nitrogens is 2. The molecule has 0 aliphatic carbocycles. The van der Waals surface area contributed by atoms with E-state index in [1.807, 2.05) is 0 Å². The van der Waals surface area contributed by atoms with Gasteiger partial charge in [-0.1, -0.05) is 23.8 Å². The molecule has 3 nitrogen and oxygen atoms in total. The van der Waals surface area contributed by atoms with Gasteiger partial charge in [0.05, 0.1) is 5.69 Å². The van der Waals surface area contributed by atoms with Crippen molar-refractivity contribution in [2.45, 2.75) is 26.8 Å². The van der Waals surface area contributed by atoms with Gasteiger partial charge in [-0.2, -0.15) is 0 Å². The van der Waals surface area contributed by atoms with E-state index < -0.39 is 0 Å². The highest BCUT2D eigenvalue weighted by molar-refractivity contribution is 5.57. The molecule has 0 spiro atoms. The van der Waals surface area contributed by atoms with E-state index in [-0.39, 0.29) is 0 Å². The quantitative estimate of drug-likeness (QED) is 0.830. The number of nitrogens with one attached hydrogen (secondary N) is 1. The molecule has 0 saturated carbocycles. The number of benzene rings is 1. The number of hydrogen-bond donors (Lipinski definition) is 1. The molecule has 1 aliphatic rings. The molecule has 0 amide bonds. The Morgan fingerprint density at radius 2 is 2.06 bits per heavy atom. The molecule has 3 rings (SSSR count). The summed E-state index contributed by atoms with van der Waals surface area (Å²) in [6.07, 6.45) is 0.998. The first-order valence-electron chi connectivity index (χ1n) is 6.38. The third-order valence-corrected chi connectivity index (χ3v) is 3.42. The van der Waals surface area contributed by atoms with Crippen LogP contribution >= 0.6 is 0 Å². The molecule has 1 aromatic heterocycles. The van der Waals surface area contributed by atoms with E-state index in [4.69, 9.17) is 4.98 Å². The van der Waals surface area contributed by atoms with Gasteiger partial charge < -0.3 is 5.32 Å². The van der Waals surface area contributed by atoms with Gasteiger partial charge in [-0.15, -0.1) is 0 Å². The maximum atomic E-state index is 4.73. The average Bonchev–Trinajstić information content (AvgIpc) is 2.39. The van der Waals surface area contributed by atoms with Crippen LogP contribution in [0.5, 0.6) is 0 Å². The Morgan fingerprint density at radius 1 is 1.17 bits per heavy atom. The maximum absolute atomic E-state index is 4.73. The highest BCUT2D eigenvalue weighted by Gasteiger charge is 2.15. The monoisotopic (exact) mass is 239 g/mol. The van der Waals surface area contributed by atoms with E-state index in [2.05, 4.69) is 48.4 Å². The molecule has 0 bridgehead atoms. The van der Waals surface area contributed by atoms with Crippen molar-refractivity contribution in [3.05, 3.63) is 46.8 Å². The lowest BCUT2D eigenvalue weighted by atomic mass is 10.0. The van der Waals surface area contributed by atoms with Crippen molar-refractivity contribution < 1.29 is 0 Å². The SMILES string of the molecule is Cc1cccc(-c2nc(C)c3c(n2)CCNC3)c1. The van der Waals surface area contributed by atoms with Crippen molar-refractivity contribution in [1.82, 2.24) is 15.3 Å². The predicted molar refractivity (Wildman–Crippen MR) is 72.4 cm³/mol. The fourth-order valence-corrected chi connectivity index (χ4v) is 2.43. The Balaban J connectivity index is 2.11. The summed E-state index contributed by atoms with van der Waals surface area (Å²) in [6.45, 7) is 6.08. The van der Waals surface area contributed by atoms with Crippen LogP contribution in [0.25, 0.3) is 11.4 Å². The van der Waals surface area contributed by atoms with Gasteiger partial charge in [0.25, 0.3) is 0 Å². The minimum absolute atomic E-state index is 0.858. The van der Waals surface area contributed by atoms with Crippen LogP contribution in [-0.2, 0) is 13.0 Å². The van der Waals surface area contributed by atoms with Crippen LogP contribution in [0, 0.1) is 13.8 Å². The van der Waals surface area contributed by atoms with Gasteiger partial charge in [0.1, 0.15) is 0 Å². The van der Waals surface area contributed by atoms with Gasteiger partial charge >= 0.3 is 0 Å². The van der Waals surface area contributed by atoms with Crippen molar-refractivity contribution in [2.75, 3.05) is 6.54 Å². The molecule has 2 heterocycles. The average molecular weight is 239 g/mol. The Labute approximate surface area is 107 Å². The predicted octanol–water partition coefficient (Wildman–Crippen LogP) is 2.41. The molecule has 1 aromatic carbocycles. The molecule has 0 fully saturated rings. The summed E-state index contributed by atoms with van der Waals surface area (Å²) in [4.78, 5) is 9.38. The highest BCUT2D eigenvalue weighted by atomic mass is 14.9. The summed E-state index contributed by atoms with van der Waals surface area (Å²) >= 11 is 0. The fourth-order valence-electron chi connectivity index (χ4n) is 2.43. The second-order valence-corrected chi connectivity index (χ2v) is 4.85. The smallest absolute Gasteiger partial charge is 0.159 e. The van der Waals surface area contributed by atoms with Crippen LogP contribution in [0.3, 0.4) is 0 Å². The molecule has 0 atom stereocenters. The summed E-state index contributed by atoms with van der Waals surface area (Å²) in [5.74, 6) is 0.858. The zero-order chi connectivity index (χ0) is 12.5. The summed E-state index contributed by atoms with van der Waals surface area (Å²) < 4.78 is 0. The third-order valence-electron chi connectivity index (χ3n) is 3.42. The zero-order valence-corrected chi connectivity index (χ0v) is 10.8. The first kappa shape index (κ1) is 11.4. The minimum atomic E-state index is 0.858. The lowest BCUT2D eigenvalue weighted by Crippen LogP contribution is -2.26. The molecule has 92 valence electrons. The molecule has 0 saturated heterocycles. The van der Waals surface area contributed by atoms with Gasteiger partial charge in [0, 0.05) is 36.3 Å². The zero-order valence-electron chi connectivity index (χ0n) is 10.8. The molecule has 3 heteroatoms. The molecule has 0 unspecified atom stereocenters. The molecular formula is C15H17N3. The second kappa shape index (κ2) is 4.50. The van der Waals surface area contributed by atoms with Gasteiger partial charge in [-0.25, -0.2) is 9.97 Å². The topological polar surface area (TPSA) is 37.8 Å². The molecule has 1 N–H and O–H groups in total. The van der Waals surface area contributed by atoms with E-state index in [0.717, 1.165) is 36.6 Å². The summed E-state index contributed by atoms with van der Waals surface area (Å²) in [5.41, 5.74) is 5.94. The van der Waals surface area contributed by atoms with Crippen LogP contribution in [0.2, 0.25) is 0 Å². The standard InChI is InChI=1S/C15H17N3/c1-10-4-3-5-12(8-10)15-17-11(2)13-9-16-7-6-14(13)18-15/h3-5,8,16H,6-7,9H2,1-2H3. The van der Waals surface area contributed by atoms with Crippen molar-refractivity contribution in [3.63, 3.8) is 0 Å². The van der Waals surface area contributed by atoms with Crippen molar-refractivity contribution in [2.24, 2.45) is 0 Å². The van der Waals surface area contributed by atoms with E-state index in [0.29, 0.717) is 0 Å². The lowest BCUT2D eigenvalue weighted by Gasteiger charge is -2.18. The number of aryl methyl sites for hydroxylation is 2. The van der Waals surface area contributed by atoms with Crippen LogP contribution in [-0.4, -0.2) is 16.5 Å². The van der Waals surface area contributed by atoms with Gasteiger partial charge in [0.15, 0.2) is 5.82 Å². The van der Waals surface area contributed by atoms with Gasteiger partial charge in [-0.3, -0.25) is 0 Å². The maximum Gasteiger partial charge on any atom is 0.159 e. The van der Waals surface area contributed by atoms with Gasteiger partial charge in [0.2, 0.25) is 0 Å². The summed E-state index contributed by atoms with van der Waals surface area (Å²) in [7, 11) is 0. The Hall–Kier alpha value is -1.74. The fraction of sp³-hybridized carbons (Fsp3) is 0.333. The molecule has 1 aliphatic heterocycles. The lowest BCUT2D eigenvalue weighted by molar-refractivity contribution is 0.622. The third kappa shape index (κ3) is 2.02. The van der Waals surface area contributed by atoms with E-state index in [1.54, 1.807) is 0 Å². The largest absolute Gasteiger partial charge is 0.312 e. The first-order valence-corrected chi connectivity index (χ1v) is 6.38. The normalized spacial score (nSPS) is 14.3. The van der Waals surface area contributed by atoms with Crippen LogP contribution in [0.15, 0.2) is 24.3 Å². The van der Waals surface area contributed by atoms with Gasteiger partial charge in [-0.05, 0) is 19.9 Å². The Kier molecular flexibility index (Phi) is 2.84. The second-order valence-electron chi connectivity index (χ2n) is 4.85. The number of hydrogen-bond acceptors (Lipinski definition) is 3. The van der Waals surface area contributed by atoms with Crippen LogP contribution in [0.1, 0.15) is 22.5 Å². The van der Waals surface area contributed by atoms with E-state index in [1.165, 1.54) is 16.8 Å². The number of fused-ring (bicyclic) bond motifs is 1. The molecule has 0 radical (unpaired) electrons. The summed E-state index contributed by atoms with van der Waals surface area (Å²) in [6, 6.07) is 8.38. The van der Waals surface area contributed by atoms with E-state index >= 15 is 0 Å². The van der Waals surface area contributed by atoms with E-state index in [9.17, 15) is 0 Å². The Bertz CT molecular complexity index is 590. The van der Waals surface area contributed by atoms with Crippen LogP contribution < -0.4 is 5.32 Å². The Morgan fingerprint density at radius 3 is 2.89 bits per heavy atom. The highest BCUT2D eigenvalue weighted by Crippen LogP contribution is 2.21. The molecule has 2 aromatic rings. The summed E-state index contributed by atoms with van der Waals surface area (Å²) in [5, 5.41) is 3.37. The number of rotatable bonds is 1. The number of nitrogens with zero attached hydrogens (tertiary/aromatic N) is 2.